The highest BCUT2D eigenvalue weighted by Gasteiger charge is 2.47. The van der Waals surface area contributed by atoms with Crippen LogP contribution in [0.4, 0.5) is 4.79 Å². The Bertz CT molecular complexity index is 391. The minimum Gasteiger partial charge on any atom is -0.480 e. The lowest BCUT2D eigenvalue weighted by atomic mass is 10.2. The molecule has 1 amide bonds. The number of ether oxygens (including phenoxy) is 2. The van der Waals surface area contributed by atoms with Crippen LogP contribution < -0.4 is 0 Å². The molecule has 1 saturated heterocycles. The molecule has 7 nitrogen and oxygen atoms in total. The van der Waals surface area contributed by atoms with Crippen LogP contribution in [0, 0.1) is 0 Å². The quantitative estimate of drug-likeness (QED) is 0.756. The van der Waals surface area contributed by atoms with Gasteiger partial charge in [-0.2, -0.15) is 0 Å². The Morgan fingerprint density at radius 2 is 1.89 bits per heavy atom. The maximum Gasteiger partial charge on any atom is 0.412 e. The molecule has 0 aliphatic carbocycles. The van der Waals surface area contributed by atoms with Crippen molar-refractivity contribution in [1.82, 2.24) is 4.90 Å². The average Bonchev–Trinajstić information content (AvgIpc) is 2.70. The van der Waals surface area contributed by atoms with E-state index in [9.17, 15) is 14.4 Å². The molecule has 108 valence electrons. The van der Waals surface area contributed by atoms with Crippen molar-refractivity contribution in [2.75, 3.05) is 12.9 Å². The first kappa shape index (κ1) is 15.6. The van der Waals surface area contributed by atoms with Gasteiger partial charge in [0.2, 0.25) is 0 Å². The van der Waals surface area contributed by atoms with Crippen molar-refractivity contribution in [2.45, 2.75) is 37.8 Å². The van der Waals surface area contributed by atoms with Gasteiger partial charge in [-0.1, -0.05) is 0 Å². The molecule has 0 spiro atoms. The molecule has 0 aromatic carbocycles. The van der Waals surface area contributed by atoms with E-state index in [0.29, 0.717) is 0 Å². The highest BCUT2D eigenvalue weighted by atomic mass is 32.2. The fourth-order valence-corrected chi connectivity index (χ4v) is 2.81. The number of hydrogen-bond acceptors (Lipinski definition) is 6. The summed E-state index contributed by atoms with van der Waals surface area (Å²) in [5, 5.41) is 8.10. The van der Waals surface area contributed by atoms with Gasteiger partial charge in [-0.25, -0.2) is 14.4 Å². The second-order valence-corrected chi connectivity index (χ2v) is 6.06. The molecule has 1 fully saturated rings. The topological polar surface area (TPSA) is 93.1 Å². The van der Waals surface area contributed by atoms with E-state index in [4.69, 9.17) is 9.84 Å². The molecule has 0 saturated carbocycles. The largest absolute Gasteiger partial charge is 0.480 e. The molecule has 1 N–H and O–H groups in total. The van der Waals surface area contributed by atoms with Crippen LogP contribution in [0.15, 0.2) is 0 Å². The molecule has 2 atom stereocenters. The summed E-state index contributed by atoms with van der Waals surface area (Å²) in [6.07, 6.45) is -0.833. The van der Waals surface area contributed by atoms with Crippen molar-refractivity contribution in [2.24, 2.45) is 0 Å². The molecular formula is C11H17NO6S. The number of esters is 1. The standard InChI is InChI=1S/C11H17NO6S/c1-11(2,3)18-10(16)12-6(8(13)14)5-19-7(12)9(15)17-4/h6-7H,5H2,1-4H3,(H,13,14)/t6-,7+/m0/s1. The zero-order valence-corrected chi connectivity index (χ0v) is 12.0. The first-order chi connectivity index (χ1) is 8.67. The lowest BCUT2D eigenvalue weighted by molar-refractivity contribution is -0.147. The van der Waals surface area contributed by atoms with Gasteiger partial charge in [0.05, 0.1) is 7.11 Å². The minimum atomic E-state index is -1.18. The molecule has 0 radical (unpaired) electrons. The molecule has 1 aliphatic rings. The number of aliphatic carboxylic acids is 1. The number of carbonyl (C=O) groups excluding carboxylic acids is 2. The minimum absolute atomic E-state index is 0.119. The summed E-state index contributed by atoms with van der Waals surface area (Å²) < 4.78 is 9.70. The zero-order chi connectivity index (χ0) is 14.8. The first-order valence-corrected chi connectivity index (χ1v) is 6.66. The zero-order valence-electron chi connectivity index (χ0n) is 11.2. The Hall–Kier alpha value is -1.44. The molecule has 1 heterocycles. The first-order valence-electron chi connectivity index (χ1n) is 5.61. The molecule has 1 rings (SSSR count). The number of amides is 1. The van der Waals surface area contributed by atoms with E-state index in [-0.39, 0.29) is 5.75 Å². The number of rotatable bonds is 2. The molecule has 1 aliphatic heterocycles. The molecule has 8 heteroatoms. The summed E-state index contributed by atoms with van der Waals surface area (Å²) in [6, 6.07) is -1.09. The molecule has 0 bridgehead atoms. The highest BCUT2D eigenvalue weighted by molar-refractivity contribution is 8.00. The van der Waals surface area contributed by atoms with Crippen molar-refractivity contribution in [3.05, 3.63) is 0 Å². The van der Waals surface area contributed by atoms with Crippen molar-refractivity contribution in [3.63, 3.8) is 0 Å². The van der Waals surface area contributed by atoms with Crippen molar-refractivity contribution in [3.8, 4) is 0 Å². The van der Waals surface area contributed by atoms with E-state index in [1.54, 1.807) is 20.8 Å². The molecule has 0 aromatic heterocycles. The van der Waals surface area contributed by atoms with Crippen LogP contribution in [-0.2, 0) is 19.1 Å². The number of carboxylic acids is 1. The van der Waals surface area contributed by atoms with Crippen molar-refractivity contribution < 1.29 is 29.0 Å². The normalized spacial score (nSPS) is 23.1. The summed E-state index contributed by atoms with van der Waals surface area (Å²) in [7, 11) is 1.18. The summed E-state index contributed by atoms with van der Waals surface area (Å²) >= 11 is 1.04. The molecule has 0 unspecified atom stereocenters. The Morgan fingerprint density at radius 1 is 1.32 bits per heavy atom. The molecule has 19 heavy (non-hydrogen) atoms. The van der Waals surface area contributed by atoms with Crippen LogP contribution in [0.25, 0.3) is 0 Å². The lowest BCUT2D eigenvalue weighted by Gasteiger charge is -2.29. The van der Waals surface area contributed by atoms with Crippen LogP contribution in [0.1, 0.15) is 20.8 Å². The highest BCUT2D eigenvalue weighted by Crippen LogP contribution is 2.31. The maximum atomic E-state index is 12.0. The van der Waals surface area contributed by atoms with Crippen LogP contribution in [0.5, 0.6) is 0 Å². The van der Waals surface area contributed by atoms with Gasteiger partial charge in [-0.3, -0.25) is 4.90 Å². The summed E-state index contributed by atoms with van der Waals surface area (Å²) in [5.74, 6) is -1.72. The predicted octanol–water partition coefficient (Wildman–Crippen LogP) is 0.923. The third-order valence-corrected chi connectivity index (χ3v) is 3.54. The predicted molar refractivity (Wildman–Crippen MR) is 67.8 cm³/mol. The van der Waals surface area contributed by atoms with E-state index >= 15 is 0 Å². The summed E-state index contributed by atoms with van der Waals surface area (Å²) in [4.78, 5) is 35.6. The number of methoxy groups -OCH3 is 1. The summed E-state index contributed by atoms with van der Waals surface area (Å²) in [5.41, 5.74) is -0.770. The van der Waals surface area contributed by atoms with Gasteiger partial charge >= 0.3 is 18.0 Å². The van der Waals surface area contributed by atoms with Crippen LogP contribution in [0.2, 0.25) is 0 Å². The number of nitrogens with zero attached hydrogens (tertiary/aromatic N) is 1. The Labute approximate surface area is 115 Å². The smallest absolute Gasteiger partial charge is 0.412 e. The van der Waals surface area contributed by atoms with E-state index in [1.165, 1.54) is 7.11 Å². The molecular weight excluding hydrogens is 274 g/mol. The average molecular weight is 291 g/mol. The van der Waals surface area contributed by atoms with Crippen LogP contribution in [0.3, 0.4) is 0 Å². The van der Waals surface area contributed by atoms with E-state index < -0.39 is 35.0 Å². The van der Waals surface area contributed by atoms with Crippen LogP contribution in [-0.4, -0.2) is 57.9 Å². The fourth-order valence-electron chi connectivity index (χ4n) is 1.52. The van der Waals surface area contributed by atoms with E-state index in [1.807, 2.05) is 0 Å². The number of thioether (sulfide) groups is 1. The third-order valence-electron chi connectivity index (χ3n) is 2.29. The Balaban J connectivity index is 2.95. The molecule has 0 aromatic rings. The SMILES string of the molecule is COC(=O)[C@H]1SC[C@@H](C(=O)O)N1C(=O)OC(C)(C)C. The van der Waals surface area contributed by atoms with Gasteiger partial charge in [0.1, 0.15) is 11.6 Å². The lowest BCUT2D eigenvalue weighted by Crippen LogP contribution is -2.50. The number of hydrogen-bond donors (Lipinski definition) is 1. The van der Waals surface area contributed by atoms with Gasteiger partial charge in [0, 0.05) is 5.75 Å². The Kier molecular flexibility index (Phi) is 4.67. The third kappa shape index (κ3) is 3.76. The Morgan fingerprint density at radius 3 is 2.32 bits per heavy atom. The second-order valence-electron chi connectivity index (χ2n) is 4.95. The fraction of sp³-hybridized carbons (Fsp3) is 0.727. The summed E-state index contributed by atoms with van der Waals surface area (Å²) in [6.45, 7) is 4.99. The van der Waals surface area contributed by atoms with Crippen molar-refractivity contribution in [1.29, 1.82) is 0 Å². The monoisotopic (exact) mass is 291 g/mol. The van der Waals surface area contributed by atoms with E-state index in [0.717, 1.165) is 16.7 Å². The maximum absolute atomic E-state index is 12.0. The number of carboxylic acid groups (broad SMARTS) is 1. The van der Waals surface area contributed by atoms with Crippen molar-refractivity contribution >= 4 is 29.8 Å². The van der Waals surface area contributed by atoms with Crippen LogP contribution >= 0.6 is 11.8 Å². The van der Waals surface area contributed by atoms with Gasteiger partial charge in [0.15, 0.2) is 5.37 Å². The van der Waals surface area contributed by atoms with Gasteiger partial charge in [0.25, 0.3) is 0 Å². The van der Waals surface area contributed by atoms with Gasteiger partial charge in [-0.15, -0.1) is 11.8 Å². The second kappa shape index (κ2) is 5.68. The van der Waals surface area contributed by atoms with Gasteiger partial charge < -0.3 is 14.6 Å². The van der Waals surface area contributed by atoms with E-state index in [2.05, 4.69) is 4.74 Å². The number of carbonyl (C=O) groups is 3. The van der Waals surface area contributed by atoms with Gasteiger partial charge in [-0.05, 0) is 20.8 Å².